The van der Waals surface area contributed by atoms with E-state index < -0.39 is 48.9 Å². The van der Waals surface area contributed by atoms with Gasteiger partial charge < -0.3 is 25.0 Å². The molecule has 2 saturated heterocycles. The zero-order valence-corrected chi connectivity index (χ0v) is 21.7. The fraction of sp³-hybridized carbons (Fsp3) is 0.583. The van der Waals surface area contributed by atoms with Gasteiger partial charge in [-0.1, -0.05) is 0 Å². The van der Waals surface area contributed by atoms with Crippen molar-refractivity contribution in [1.82, 2.24) is 29.9 Å². The van der Waals surface area contributed by atoms with Gasteiger partial charge >= 0.3 is 18.4 Å². The van der Waals surface area contributed by atoms with E-state index in [0.29, 0.717) is 37.1 Å². The van der Waals surface area contributed by atoms with Crippen molar-refractivity contribution in [3.05, 3.63) is 18.5 Å². The molecule has 1 spiro atoms. The van der Waals surface area contributed by atoms with Crippen molar-refractivity contribution in [2.75, 3.05) is 37.0 Å². The number of aromatic nitrogens is 5. The second-order valence-corrected chi connectivity index (χ2v) is 10.9. The molecule has 1 atom stereocenters. The number of nitrogens with zero attached hydrogens (tertiary/aromatic N) is 6. The molecule has 0 aromatic carbocycles. The Balaban J connectivity index is 1.26. The minimum Gasteiger partial charge on any atom is -0.380 e. The monoisotopic (exact) mass is 588 g/mol. The molecule has 2 aliphatic heterocycles. The van der Waals surface area contributed by atoms with Crippen LogP contribution >= 0.6 is 0 Å². The third-order valence-corrected chi connectivity index (χ3v) is 8.11. The number of nitrogens with one attached hydrogen (secondary N) is 2. The standard InChI is InChI=1S/C24H26F6N8O3/c1-41-13-9-36(10-13)19-14-7-31-15(6-17(14)38(35-19)12-23(25,26)27)18-16(8-32-34-18)33-20(39)37-5-4-22(40,24(28,29)30)11-21(37)2-3-21/h6-8,13,40H,2-5,9-12H2,1H3,(H,32,34)(H,33,39). The Morgan fingerprint density at radius 1 is 1.20 bits per heavy atom. The van der Waals surface area contributed by atoms with Gasteiger partial charge in [0.15, 0.2) is 11.4 Å². The number of methoxy groups -OCH3 is 1. The second-order valence-electron chi connectivity index (χ2n) is 10.9. The molecule has 2 amide bonds. The van der Waals surface area contributed by atoms with Crippen molar-refractivity contribution in [2.24, 2.45) is 0 Å². The molecule has 11 nitrogen and oxygen atoms in total. The lowest BCUT2D eigenvalue weighted by Crippen LogP contribution is -2.60. The van der Waals surface area contributed by atoms with Crippen LogP contribution in [0.3, 0.4) is 0 Å². The summed E-state index contributed by atoms with van der Waals surface area (Å²) >= 11 is 0. The molecule has 0 radical (unpaired) electrons. The molecule has 6 rings (SSSR count). The summed E-state index contributed by atoms with van der Waals surface area (Å²) in [5, 5.41) is 24.0. The quantitative estimate of drug-likeness (QED) is 0.389. The molecular weight excluding hydrogens is 562 g/mol. The third-order valence-electron chi connectivity index (χ3n) is 8.11. The van der Waals surface area contributed by atoms with Crippen LogP contribution in [0.15, 0.2) is 18.5 Å². The molecule has 3 fully saturated rings. The van der Waals surface area contributed by atoms with E-state index in [1.807, 2.05) is 0 Å². The Labute approximate surface area is 228 Å². The minimum atomic E-state index is -4.81. The van der Waals surface area contributed by atoms with Crippen LogP contribution in [0, 0.1) is 0 Å². The highest BCUT2D eigenvalue weighted by Gasteiger charge is 2.65. The summed E-state index contributed by atoms with van der Waals surface area (Å²) in [4.78, 5) is 20.7. The second kappa shape index (κ2) is 9.20. The molecule has 222 valence electrons. The molecule has 1 unspecified atom stereocenters. The SMILES string of the molecule is COC1CN(c2nn(CC(F)(F)F)c3cc(-c4[nH]ncc4NC(=O)N4CCC(O)(C(F)(F)F)CC45CC5)ncc23)C1. The van der Waals surface area contributed by atoms with Crippen LogP contribution in [0.25, 0.3) is 22.3 Å². The maximum atomic E-state index is 13.4. The minimum absolute atomic E-state index is 0.0573. The van der Waals surface area contributed by atoms with E-state index in [2.05, 4.69) is 25.6 Å². The summed E-state index contributed by atoms with van der Waals surface area (Å²) in [6.07, 6.45) is -7.36. The number of amides is 2. The largest absolute Gasteiger partial charge is 0.417 e. The van der Waals surface area contributed by atoms with Crippen molar-refractivity contribution in [3.63, 3.8) is 0 Å². The number of fused-ring (bicyclic) bond motifs is 1. The smallest absolute Gasteiger partial charge is 0.380 e. The van der Waals surface area contributed by atoms with Gasteiger partial charge in [0.1, 0.15) is 12.2 Å². The van der Waals surface area contributed by atoms with Gasteiger partial charge in [-0.3, -0.25) is 14.8 Å². The maximum absolute atomic E-state index is 13.4. The Morgan fingerprint density at radius 2 is 1.93 bits per heavy atom. The van der Waals surface area contributed by atoms with Crippen LogP contribution < -0.4 is 10.2 Å². The molecule has 17 heteroatoms. The number of likely N-dealkylation sites (tertiary alicyclic amines) is 1. The van der Waals surface area contributed by atoms with E-state index in [1.54, 1.807) is 12.0 Å². The van der Waals surface area contributed by atoms with Crippen molar-refractivity contribution >= 4 is 28.4 Å². The van der Waals surface area contributed by atoms with Gasteiger partial charge in [0.05, 0.1) is 34.6 Å². The summed E-state index contributed by atoms with van der Waals surface area (Å²) in [5.41, 5.74) is -3.30. The lowest BCUT2D eigenvalue weighted by Gasteiger charge is -2.45. The average molecular weight is 589 g/mol. The molecule has 41 heavy (non-hydrogen) atoms. The molecule has 3 aliphatic rings. The normalized spacial score (nSPS) is 22.8. The van der Waals surface area contributed by atoms with Crippen LogP contribution in [0.5, 0.6) is 0 Å². The van der Waals surface area contributed by atoms with Gasteiger partial charge in [-0.2, -0.15) is 36.5 Å². The first-order chi connectivity index (χ1) is 19.2. The third kappa shape index (κ3) is 4.83. The van der Waals surface area contributed by atoms with Crippen molar-refractivity contribution in [3.8, 4) is 11.4 Å². The predicted octanol–water partition coefficient (Wildman–Crippen LogP) is 3.67. The van der Waals surface area contributed by atoms with Crippen molar-refractivity contribution in [1.29, 1.82) is 0 Å². The number of hydrogen-bond acceptors (Lipinski definition) is 7. The number of ether oxygens (including phenoxy) is 1. The fourth-order valence-corrected chi connectivity index (χ4v) is 5.64. The number of pyridine rings is 1. The van der Waals surface area contributed by atoms with Crippen LogP contribution in [0.4, 0.5) is 42.6 Å². The van der Waals surface area contributed by atoms with Crippen molar-refractivity contribution < 1.29 is 41.0 Å². The summed E-state index contributed by atoms with van der Waals surface area (Å²) < 4.78 is 86.5. The van der Waals surface area contributed by atoms with Crippen LogP contribution in [-0.2, 0) is 11.3 Å². The molecule has 3 aromatic rings. The number of piperidine rings is 1. The summed E-state index contributed by atoms with van der Waals surface area (Å²) in [7, 11) is 1.55. The highest BCUT2D eigenvalue weighted by molar-refractivity contribution is 5.96. The Bertz CT molecular complexity index is 1480. The van der Waals surface area contributed by atoms with Crippen LogP contribution in [-0.4, -0.2) is 97.3 Å². The first kappa shape index (κ1) is 27.6. The molecule has 0 bridgehead atoms. The molecular formula is C24H26F6N8O3. The van der Waals surface area contributed by atoms with Crippen LogP contribution in [0.1, 0.15) is 25.7 Å². The number of alkyl halides is 6. The van der Waals surface area contributed by atoms with Gasteiger partial charge in [0.25, 0.3) is 0 Å². The molecule has 1 saturated carbocycles. The highest BCUT2D eigenvalue weighted by atomic mass is 19.4. The van der Waals surface area contributed by atoms with E-state index in [-0.39, 0.29) is 35.2 Å². The summed E-state index contributed by atoms with van der Waals surface area (Å²) in [5.74, 6) is 0.341. The van der Waals surface area contributed by atoms with E-state index in [9.17, 15) is 36.2 Å². The molecule has 3 aromatic heterocycles. The van der Waals surface area contributed by atoms with Gasteiger partial charge in [0.2, 0.25) is 0 Å². The maximum Gasteiger partial charge on any atom is 0.417 e. The number of aliphatic hydroxyl groups is 1. The fourth-order valence-electron chi connectivity index (χ4n) is 5.64. The topological polar surface area (TPSA) is 124 Å². The van der Waals surface area contributed by atoms with Gasteiger partial charge in [-0.25, -0.2) is 4.79 Å². The zero-order valence-electron chi connectivity index (χ0n) is 21.7. The number of H-pyrrole nitrogens is 1. The number of rotatable bonds is 5. The number of halogens is 6. The van der Waals surface area contributed by atoms with Crippen LogP contribution in [0.2, 0.25) is 0 Å². The number of carbonyl (C=O) groups is 1. The first-order valence-corrected chi connectivity index (χ1v) is 12.8. The Morgan fingerprint density at radius 3 is 2.56 bits per heavy atom. The highest BCUT2D eigenvalue weighted by Crippen LogP contribution is 2.55. The van der Waals surface area contributed by atoms with E-state index in [0.717, 1.165) is 4.68 Å². The van der Waals surface area contributed by atoms with Gasteiger partial charge in [-0.15, -0.1) is 0 Å². The lowest BCUT2D eigenvalue weighted by molar-refractivity contribution is -0.277. The Kier molecular flexibility index (Phi) is 6.19. The van der Waals surface area contributed by atoms with E-state index >= 15 is 0 Å². The predicted molar refractivity (Wildman–Crippen MR) is 132 cm³/mol. The van der Waals surface area contributed by atoms with E-state index in [4.69, 9.17) is 4.74 Å². The number of aromatic amines is 1. The zero-order chi connectivity index (χ0) is 29.4. The molecule has 1 aliphatic carbocycles. The first-order valence-electron chi connectivity index (χ1n) is 12.8. The number of urea groups is 1. The number of hydrogen-bond donors (Lipinski definition) is 3. The van der Waals surface area contributed by atoms with Gasteiger partial charge in [0, 0.05) is 51.3 Å². The summed E-state index contributed by atoms with van der Waals surface area (Å²) in [6.45, 7) is -0.710. The summed E-state index contributed by atoms with van der Waals surface area (Å²) in [6, 6.07) is 0.728. The van der Waals surface area contributed by atoms with Gasteiger partial charge in [-0.05, 0) is 18.9 Å². The molecule has 3 N–H and O–H groups in total. The lowest BCUT2D eigenvalue weighted by atomic mass is 9.84. The molecule has 5 heterocycles. The number of carbonyl (C=O) groups excluding carboxylic acids is 1. The van der Waals surface area contributed by atoms with Crippen molar-refractivity contribution in [2.45, 2.75) is 61.8 Å². The number of anilines is 2. The van der Waals surface area contributed by atoms with E-state index in [1.165, 1.54) is 23.4 Å². The average Bonchev–Trinajstić information content (AvgIpc) is 3.29. The Hall–Kier alpha value is -3.60.